The topological polar surface area (TPSA) is 73.2 Å². The highest BCUT2D eigenvalue weighted by molar-refractivity contribution is 6.34. The molecule has 1 heterocycles. The molecule has 1 N–H and O–H groups in total. The van der Waals surface area contributed by atoms with Gasteiger partial charge in [-0.15, -0.1) is 0 Å². The number of benzene rings is 1. The number of amides is 2. The average molecular weight is 332 g/mol. The molecule has 1 aliphatic carbocycles. The molecule has 1 saturated carbocycles. The van der Waals surface area contributed by atoms with Gasteiger partial charge in [-0.1, -0.05) is 24.4 Å². The summed E-state index contributed by atoms with van der Waals surface area (Å²) in [4.78, 5) is 26.1. The Morgan fingerprint density at radius 3 is 2.65 bits per heavy atom. The molecule has 0 spiro atoms. The van der Waals surface area contributed by atoms with Crippen molar-refractivity contribution in [2.24, 2.45) is 5.41 Å². The fourth-order valence-electron chi connectivity index (χ4n) is 3.31. The molecule has 1 aromatic carbocycles. The van der Waals surface area contributed by atoms with Gasteiger partial charge in [-0.2, -0.15) is 5.26 Å². The lowest BCUT2D eigenvalue weighted by atomic mass is 9.87. The molecule has 120 valence electrons. The van der Waals surface area contributed by atoms with Crippen molar-refractivity contribution in [2.75, 3.05) is 16.8 Å². The number of nitrogens with zero attached hydrogens (tertiary/aromatic N) is 2. The van der Waals surface area contributed by atoms with Gasteiger partial charge in [0.25, 0.3) is 0 Å². The molecule has 2 aliphatic rings. The zero-order chi connectivity index (χ0) is 16.4. The summed E-state index contributed by atoms with van der Waals surface area (Å²) in [5.74, 6) is -0.224. The third-order valence-corrected chi connectivity index (χ3v) is 5.02. The molecule has 2 fully saturated rings. The number of nitriles is 1. The predicted molar refractivity (Wildman–Crippen MR) is 88.2 cm³/mol. The molecular formula is C17H18ClN3O2. The third kappa shape index (κ3) is 2.91. The molecule has 0 unspecified atom stereocenters. The molecule has 0 bridgehead atoms. The van der Waals surface area contributed by atoms with E-state index in [4.69, 9.17) is 11.6 Å². The highest BCUT2D eigenvalue weighted by atomic mass is 35.5. The van der Waals surface area contributed by atoms with Crippen LogP contribution >= 0.6 is 11.6 Å². The lowest BCUT2D eigenvalue weighted by molar-refractivity contribution is -0.122. The van der Waals surface area contributed by atoms with Gasteiger partial charge in [0.05, 0.1) is 16.8 Å². The van der Waals surface area contributed by atoms with E-state index in [1.807, 2.05) is 0 Å². The summed E-state index contributed by atoms with van der Waals surface area (Å²) in [7, 11) is 0. The second kappa shape index (κ2) is 6.21. The van der Waals surface area contributed by atoms with Gasteiger partial charge in [-0.05, 0) is 37.5 Å². The smallest absolute Gasteiger partial charge is 0.244 e. The van der Waals surface area contributed by atoms with Gasteiger partial charge in [0.2, 0.25) is 11.8 Å². The molecule has 1 saturated heterocycles. The molecule has 5 nitrogen and oxygen atoms in total. The lowest BCUT2D eigenvalue weighted by Gasteiger charge is -2.21. The van der Waals surface area contributed by atoms with E-state index in [9.17, 15) is 14.9 Å². The van der Waals surface area contributed by atoms with Crippen molar-refractivity contribution >= 4 is 34.8 Å². The molecule has 6 heteroatoms. The van der Waals surface area contributed by atoms with Crippen LogP contribution in [0.2, 0.25) is 5.02 Å². The summed E-state index contributed by atoms with van der Waals surface area (Å²) in [5, 5.41) is 12.6. The molecule has 1 aromatic rings. The molecule has 2 amide bonds. The molecule has 1 aliphatic heterocycles. The number of hydrogen-bond acceptors (Lipinski definition) is 3. The van der Waals surface area contributed by atoms with Gasteiger partial charge >= 0.3 is 0 Å². The van der Waals surface area contributed by atoms with E-state index in [-0.39, 0.29) is 11.8 Å². The Morgan fingerprint density at radius 2 is 2.04 bits per heavy atom. The van der Waals surface area contributed by atoms with Gasteiger partial charge in [0.1, 0.15) is 5.41 Å². The minimum Gasteiger partial charge on any atom is -0.323 e. The summed E-state index contributed by atoms with van der Waals surface area (Å²) in [5.41, 5.74) is 0.225. The van der Waals surface area contributed by atoms with Crippen molar-refractivity contribution in [2.45, 2.75) is 38.5 Å². The normalized spacial score (nSPS) is 19.7. The number of carbonyl (C=O) groups is 2. The largest absolute Gasteiger partial charge is 0.323 e. The zero-order valence-electron chi connectivity index (χ0n) is 12.8. The zero-order valence-corrected chi connectivity index (χ0v) is 13.5. The molecule has 3 rings (SSSR count). The quantitative estimate of drug-likeness (QED) is 0.921. The van der Waals surface area contributed by atoms with E-state index in [1.165, 1.54) is 0 Å². The Labute approximate surface area is 140 Å². The van der Waals surface area contributed by atoms with E-state index < -0.39 is 5.41 Å². The van der Waals surface area contributed by atoms with E-state index in [1.54, 1.807) is 23.1 Å². The minimum absolute atomic E-state index is 0.0777. The summed E-state index contributed by atoms with van der Waals surface area (Å²) in [6.07, 6.45) is 4.31. The van der Waals surface area contributed by atoms with E-state index in [0.29, 0.717) is 36.5 Å². The molecule has 0 radical (unpaired) electrons. The van der Waals surface area contributed by atoms with Gasteiger partial charge in [-0.3, -0.25) is 9.59 Å². The Hall–Kier alpha value is -2.06. The summed E-state index contributed by atoms with van der Waals surface area (Å²) in [6.45, 7) is 0.677. The minimum atomic E-state index is -0.956. The van der Waals surface area contributed by atoms with Crippen LogP contribution in [0.15, 0.2) is 18.2 Å². The van der Waals surface area contributed by atoms with Gasteiger partial charge in [0, 0.05) is 18.7 Å². The second-order valence-electron chi connectivity index (χ2n) is 6.17. The van der Waals surface area contributed by atoms with Crippen molar-refractivity contribution in [1.82, 2.24) is 0 Å². The Morgan fingerprint density at radius 1 is 1.30 bits per heavy atom. The number of anilines is 2. The Kier molecular flexibility index (Phi) is 4.27. The maximum absolute atomic E-state index is 12.5. The monoisotopic (exact) mass is 331 g/mol. The van der Waals surface area contributed by atoms with Crippen molar-refractivity contribution in [1.29, 1.82) is 5.26 Å². The maximum Gasteiger partial charge on any atom is 0.244 e. The van der Waals surface area contributed by atoms with Crippen molar-refractivity contribution < 1.29 is 9.59 Å². The van der Waals surface area contributed by atoms with Gasteiger partial charge < -0.3 is 10.2 Å². The SMILES string of the molecule is N#CC1(C(=O)Nc2cc(N3CCCC3=O)ccc2Cl)CCCC1. The predicted octanol–water partition coefficient (Wildman–Crippen LogP) is 3.49. The molecule has 0 aromatic heterocycles. The van der Waals surface area contributed by atoms with Crippen molar-refractivity contribution in [3.63, 3.8) is 0 Å². The van der Waals surface area contributed by atoms with Crippen LogP contribution in [-0.2, 0) is 9.59 Å². The Bertz CT molecular complexity index is 690. The second-order valence-corrected chi connectivity index (χ2v) is 6.58. The third-order valence-electron chi connectivity index (χ3n) is 4.69. The van der Waals surface area contributed by atoms with Crippen LogP contribution in [0.4, 0.5) is 11.4 Å². The highest BCUT2D eigenvalue weighted by Crippen LogP contribution is 2.39. The first-order valence-electron chi connectivity index (χ1n) is 7.88. The van der Waals surface area contributed by atoms with Crippen LogP contribution in [0, 0.1) is 16.7 Å². The van der Waals surface area contributed by atoms with Crippen LogP contribution < -0.4 is 10.2 Å². The summed E-state index contributed by atoms with van der Waals surface area (Å²) < 4.78 is 0. The van der Waals surface area contributed by atoms with Gasteiger partial charge in [-0.25, -0.2) is 0 Å². The van der Waals surface area contributed by atoms with Crippen molar-refractivity contribution in [3.8, 4) is 6.07 Å². The number of rotatable bonds is 3. The number of halogens is 1. The molecular weight excluding hydrogens is 314 g/mol. The molecule has 0 atom stereocenters. The first-order valence-corrected chi connectivity index (χ1v) is 8.26. The first-order chi connectivity index (χ1) is 11.1. The highest BCUT2D eigenvalue weighted by Gasteiger charge is 2.41. The first kappa shape index (κ1) is 15.8. The number of nitrogens with one attached hydrogen (secondary N) is 1. The van der Waals surface area contributed by atoms with E-state index in [0.717, 1.165) is 24.9 Å². The van der Waals surface area contributed by atoms with E-state index in [2.05, 4.69) is 11.4 Å². The maximum atomic E-state index is 12.5. The summed E-state index contributed by atoms with van der Waals surface area (Å²) >= 11 is 6.18. The summed E-state index contributed by atoms with van der Waals surface area (Å²) in [6, 6.07) is 7.33. The van der Waals surface area contributed by atoms with Crippen molar-refractivity contribution in [3.05, 3.63) is 23.2 Å². The molecule has 23 heavy (non-hydrogen) atoms. The van der Waals surface area contributed by atoms with Crippen LogP contribution in [0.25, 0.3) is 0 Å². The van der Waals surface area contributed by atoms with Crippen LogP contribution in [-0.4, -0.2) is 18.4 Å². The van der Waals surface area contributed by atoms with E-state index >= 15 is 0 Å². The number of carbonyl (C=O) groups excluding carboxylic acids is 2. The van der Waals surface area contributed by atoms with Gasteiger partial charge in [0.15, 0.2) is 0 Å². The Balaban J connectivity index is 1.84. The van der Waals surface area contributed by atoms with Crippen LogP contribution in [0.3, 0.4) is 0 Å². The van der Waals surface area contributed by atoms with Crippen LogP contribution in [0.5, 0.6) is 0 Å². The fourth-order valence-corrected chi connectivity index (χ4v) is 3.47. The fraction of sp³-hybridized carbons (Fsp3) is 0.471. The average Bonchev–Trinajstić information content (AvgIpc) is 3.19. The number of hydrogen-bond donors (Lipinski definition) is 1. The van der Waals surface area contributed by atoms with Crippen LogP contribution in [0.1, 0.15) is 38.5 Å². The standard InChI is InChI=1S/C17H18ClN3O2/c18-13-6-5-12(21-9-3-4-15(21)22)10-14(13)20-16(23)17(11-19)7-1-2-8-17/h5-6,10H,1-4,7-9H2,(H,20,23). The lowest BCUT2D eigenvalue weighted by Crippen LogP contribution is -2.32.